The highest BCUT2D eigenvalue weighted by molar-refractivity contribution is 7.92. The maximum atomic E-state index is 12.5. The van der Waals surface area contributed by atoms with E-state index < -0.39 is 10.0 Å². The van der Waals surface area contributed by atoms with Crippen molar-refractivity contribution < 1.29 is 13.2 Å². The Hall–Kier alpha value is -2.01. The summed E-state index contributed by atoms with van der Waals surface area (Å²) in [6.45, 7) is 6.05. The van der Waals surface area contributed by atoms with Gasteiger partial charge in [0.15, 0.2) is 0 Å². The molecule has 0 heterocycles. The van der Waals surface area contributed by atoms with Crippen LogP contribution in [0.2, 0.25) is 0 Å². The van der Waals surface area contributed by atoms with Crippen LogP contribution < -0.4 is 9.46 Å². The molecular weight excluding hydrogens is 286 g/mol. The molecule has 5 heteroatoms. The van der Waals surface area contributed by atoms with Crippen molar-refractivity contribution in [1.29, 1.82) is 0 Å². The van der Waals surface area contributed by atoms with E-state index in [1.807, 2.05) is 19.9 Å². The van der Waals surface area contributed by atoms with E-state index >= 15 is 0 Å². The zero-order valence-electron chi connectivity index (χ0n) is 12.4. The summed E-state index contributed by atoms with van der Waals surface area (Å²) < 4.78 is 33.1. The lowest BCUT2D eigenvalue weighted by molar-refractivity contribution is 0.342. The second-order valence-electron chi connectivity index (χ2n) is 4.80. The molecule has 0 unspecified atom stereocenters. The van der Waals surface area contributed by atoms with E-state index in [2.05, 4.69) is 4.72 Å². The molecule has 0 saturated heterocycles. The number of sulfonamides is 1. The third-order valence-electron chi connectivity index (χ3n) is 3.05. The van der Waals surface area contributed by atoms with Crippen LogP contribution in [0.3, 0.4) is 0 Å². The van der Waals surface area contributed by atoms with Crippen molar-refractivity contribution in [2.45, 2.75) is 25.7 Å². The van der Waals surface area contributed by atoms with Crippen LogP contribution in [0.25, 0.3) is 0 Å². The number of anilines is 1. The summed E-state index contributed by atoms with van der Waals surface area (Å²) in [4.78, 5) is 0.277. The van der Waals surface area contributed by atoms with Crippen LogP contribution in [0.1, 0.15) is 18.1 Å². The van der Waals surface area contributed by atoms with E-state index in [0.717, 1.165) is 11.1 Å². The van der Waals surface area contributed by atoms with Gasteiger partial charge in [0.05, 0.1) is 17.2 Å². The highest BCUT2D eigenvalue weighted by atomic mass is 32.2. The van der Waals surface area contributed by atoms with Crippen LogP contribution in [-0.4, -0.2) is 15.0 Å². The molecule has 0 spiro atoms. The molecule has 2 aromatic carbocycles. The van der Waals surface area contributed by atoms with Gasteiger partial charge < -0.3 is 4.74 Å². The number of aryl methyl sites for hydroxylation is 2. The predicted octanol–water partition coefficient (Wildman–Crippen LogP) is 3.50. The van der Waals surface area contributed by atoms with E-state index in [9.17, 15) is 8.42 Å². The minimum Gasteiger partial charge on any atom is -0.492 e. The number of nitrogens with one attached hydrogen (secondary N) is 1. The molecule has 0 atom stereocenters. The van der Waals surface area contributed by atoms with Crippen molar-refractivity contribution >= 4 is 15.7 Å². The molecule has 4 nitrogen and oxygen atoms in total. The topological polar surface area (TPSA) is 55.4 Å². The molecule has 0 bridgehead atoms. The van der Waals surface area contributed by atoms with Crippen molar-refractivity contribution in [3.8, 4) is 5.75 Å². The van der Waals surface area contributed by atoms with Gasteiger partial charge in [-0.1, -0.05) is 29.8 Å². The highest BCUT2D eigenvalue weighted by Gasteiger charge is 2.18. The Labute approximate surface area is 125 Å². The number of hydrogen-bond donors (Lipinski definition) is 1. The van der Waals surface area contributed by atoms with Gasteiger partial charge in [-0.25, -0.2) is 8.42 Å². The Morgan fingerprint density at radius 3 is 2.48 bits per heavy atom. The third-order valence-corrected chi connectivity index (χ3v) is 4.58. The number of ether oxygens (including phenoxy) is 1. The molecule has 2 rings (SSSR count). The Morgan fingerprint density at radius 2 is 1.81 bits per heavy atom. The van der Waals surface area contributed by atoms with E-state index in [1.165, 1.54) is 0 Å². The first kappa shape index (κ1) is 15.4. The summed E-state index contributed by atoms with van der Waals surface area (Å²) >= 11 is 0. The maximum Gasteiger partial charge on any atom is 0.262 e. The zero-order chi connectivity index (χ0) is 15.5. The van der Waals surface area contributed by atoms with Crippen LogP contribution in [0.4, 0.5) is 5.69 Å². The van der Waals surface area contributed by atoms with Crippen LogP contribution >= 0.6 is 0 Å². The van der Waals surface area contributed by atoms with Crippen molar-refractivity contribution in [3.63, 3.8) is 0 Å². The fourth-order valence-electron chi connectivity index (χ4n) is 2.13. The Balaban J connectivity index is 2.38. The van der Waals surface area contributed by atoms with E-state index in [1.54, 1.807) is 43.3 Å². The van der Waals surface area contributed by atoms with Crippen molar-refractivity contribution in [2.24, 2.45) is 0 Å². The number of hydrogen-bond acceptors (Lipinski definition) is 3. The van der Waals surface area contributed by atoms with Crippen molar-refractivity contribution in [3.05, 3.63) is 53.6 Å². The fourth-order valence-corrected chi connectivity index (χ4v) is 3.43. The monoisotopic (exact) mass is 305 g/mol. The molecule has 0 radical (unpaired) electrons. The van der Waals surface area contributed by atoms with Gasteiger partial charge in [-0.05, 0) is 44.5 Å². The van der Waals surface area contributed by atoms with Gasteiger partial charge >= 0.3 is 0 Å². The fraction of sp³-hybridized carbons (Fsp3) is 0.250. The minimum atomic E-state index is -3.63. The normalized spacial score (nSPS) is 11.2. The first-order valence-electron chi connectivity index (χ1n) is 6.76. The predicted molar refractivity (Wildman–Crippen MR) is 84.3 cm³/mol. The summed E-state index contributed by atoms with van der Waals surface area (Å²) in [5, 5.41) is 0. The largest absolute Gasteiger partial charge is 0.492 e. The lowest BCUT2D eigenvalue weighted by Crippen LogP contribution is -2.15. The molecule has 0 aromatic heterocycles. The van der Waals surface area contributed by atoms with Gasteiger partial charge in [-0.15, -0.1) is 0 Å². The Kier molecular flexibility index (Phi) is 4.53. The standard InChI is InChI=1S/C16H19NO3S/c1-4-20-15-8-6-5-7-14(15)17-21(18,19)16-10-9-12(2)11-13(16)3/h5-11,17H,4H2,1-3H3. The Bertz CT molecular complexity index is 739. The summed E-state index contributed by atoms with van der Waals surface area (Å²) in [6.07, 6.45) is 0. The summed E-state index contributed by atoms with van der Waals surface area (Å²) in [5.74, 6) is 0.522. The first-order valence-corrected chi connectivity index (χ1v) is 8.24. The molecule has 112 valence electrons. The molecule has 0 aliphatic heterocycles. The maximum absolute atomic E-state index is 12.5. The molecule has 21 heavy (non-hydrogen) atoms. The second-order valence-corrected chi connectivity index (χ2v) is 6.45. The van der Waals surface area contributed by atoms with Gasteiger partial charge in [0.25, 0.3) is 10.0 Å². The minimum absolute atomic E-state index is 0.277. The van der Waals surface area contributed by atoms with E-state index in [-0.39, 0.29) is 4.90 Å². The number of benzene rings is 2. The van der Waals surface area contributed by atoms with Gasteiger partial charge in [0.2, 0.25) is 0 Å². The summed E-state index contributed by atoms with van der Waals surface area (Å²) in [7, 11) is -3.63. The van der Waals surface area contributed by atoms with Crippen LogP contribution in [0, 0.1) is 13.8 Å². The van der Waals surface area contributed by atoms with Gasteiger partial charge in [0.1, 0.15) is 5.75 Å². The second kappa shape index (κ2) is 6.18. The molecule has 1 N–H and O–H groups in total. The molecule has 2 aromatic rings. The highest BCUT2D eigenvalue weighted by Crippen LogP contribution is 2.27. The molecule has 0 amide bonds. The smallest absolute Gasteiger partial charge is 0.262 e. The number of para-hydroxylation sites is 2. The lowest BCUT2D eigenvalue weighted by Gasteiger charge is -2.14. The van der Waals surface area contributed by atoms with Crippen LogP contribution in [0.5, 0.6) is 5.75 Å². The van der Waals surface area contributed by atoms with Gasteiger partial charge in [-0.3, -0.25) is 4.72 Å². The van der Waals surface area contributed by atoms with E-state index in [0.29, 0.717) is 18.0 Å². The van der Waals surface area contributed by atoms with E-state index in [4.69, 9.17) is 4.74 Å². The van der Waals surface area contributed by atoms with Crippen molar-refractivity contribution in [1.82, 2.24) is 0 Å². The average molecular weight is 305 g/mol. The lowest BCUT2D eigenvalue weighted by atomic mass is 10.2. The summed E-state index contributed by atoms with van der Waals surface area (Å²) in [6, 6.07) is 12.3. The van der Waals surface area contributed by atoms with Gasteiger partial charge in [-0.2, -0.15) is 0 Å². The SMILES string of the molecule is CCOc1ccccc1NS(=O)(=O)c1ccc(C)cc1C. The van der Waals surface area contributed by atoms with Gasteiger partial charge in [0, 0.05) is 0 Å². The van der Waals surface area contributed by atoms with Crippen LogP contribution in [-0.2, 0) is 10.0 Å². The number of rotatable bonds is 5. The van der Waals surface area contributed by atoms with Crippen molar-refractivity contribution in [2.75, 3.05) is 11.3 Å². The quantitative estimate of drug-likeness (QED) is 0.919. The Morgan fingerprint density at radius 1 is 1.10 bits per heavy atom. The van der Waals surface area contributed by atoms with Crippen LogP contribution in [0.15, 0.2) is 47.4 Å². The molecular formula is C16H19NO3S. The third kappa shape index (κ3) is 3.55. The molecule has 0 aliphatic carbocycles. The molecule has 0 saturated carbocycles. The first-order chi connectivity index (χ1) is 9.94. The molecule has 0 fully saturated rings. The zero-order valence-corrected chi connectivity index (χ0v) is 13.2. The average Bonchev–Trinajstić information content (AvgIpc) is 2.40. The molecule has 0 aliphatic rings. The summed E-state index contributed by atoms with van der Waals surface area (Å²) in [5.41, 5.74) is 2.19.